The van der Waals surface area contributed by atoms with Crippen LogP contribution >= 0.6 is 0 Å². The zero-order valence-electron chi connectivity index (χ0n) is 8.86. The van der Waals surface area contributed by atoms with Gasteiger partial charge in [-0.15, -0.1) is 10.2 Å². The summed E-state index contributed by atoms with van der Waals surface area (Å²) in [5.74, 6) is 0.716. The predicted molar refractivity (Wildman–Crippen MR) is 58.6 cm³/mol. The molecule has 0 fully saturated rings. The van der Waals surface area contributed by atoms with Crippen molar-refractivity contribution in [2.45, 2.75) is 27.2 Å². The Balaban J connectivity index is 0.000000461. The average Bonchev–Trinajstić information content (AvgIpc) is 2.45. The summed E-state index contributed by atoms with van der Waals surface area (Å²) in [6.45, 7) is 5.84. The first-order valence-corrected chi connectivity index (χ1v) is 4.90. The van der Waals surface area contributed by atoms with Crippen LogP contribution in [-0.2, 0) is 0 Å². The van der Waals surface area contributed by atoms with Crippen LogP contribution in [0.15, 0.2) is 12.2 Å². The highest BCUT2D eigenvalue weighted by molar-refractivity contribution is 5.61. The fourth-order valence-corrected chi connectivity index (χ4v) is 1.11. The molecule has 0 saturated heterocycles. The number of aryl methyl sites for hydroxylation is 1. The average molecular weight is 189 g/mol. The lowest BCUT2D eigenvalue weighted by molar-refractivity contribution is 0.891. The summed E-state index contributed by atoms with van der Waals surface area (Å²) in [5.41, 5.74) is 1.77. The third-order valence-corrected chi connectivity index (χ3v) is 1.67. The predicted octanol–water partition coefficient (Wildman–Crippen LogP) is 2.64. The summed E-state index contributed by atoms with van der Waals surface area (Å²) >= 11 is 0. The van der Waals surface area contributed by atoms with Crippen LogP contribution in [0.1, 0.15) is 37.5 Å². The molecule has 0 aromatic carbocycles. The quantitative estimate of drug-likeness (QED) is 0.629. The molecule has 1 aromatic rings. The minimum absolute atomic E-state index is 0.716. The highest BCUT2D eigenvalue weighted by Crippen LogP contribution is 2.11. The summed E-state index contributed by atoms with van der Waals surface area (Å²) in [6.07, 6.45) is 8.99. The Morgan fingerprint density at radius 2 is 1.64 bits per heavy atom. The van der Waals surface area contributed by atoms with Gasteiger partial charge in [-0.05, 0) is 25.5 Å². The monoisotopic (exact) mass is 189 g/mol. The maximum Gasteiger partial charge on any atom is 0.148 e. The van der Waals surface area contributed by atoms with E-state index >= 15 is 0 Å². The Hall–Kier alpha value is -1.51. The zero-order valence-corrected chi connectivity index (χ0v) is 8.86. The van der Waals surface area contributed by atoms with Gasteiger partial charge in [0, 0.05) is 0 Å². The largest absolute Gasteiger partial charge is 0.230 e. The summed E-state index contributed by atoms with van der Waals surface area (Å²) in [7, 11) is 0. The maximum atomic E-state index is 4.26. The molecule has 3 heteroatoms. The minimum atomic E-state index is 0.716. The fourth-order valence-electron chi connectivity index (χ4n) is 1.11. The number of hydrogen-bond acceptors (Lipinski definition) is 3. The van der Waals surface area contributed by atoms with Gasteiger partial charge in [0.2, 0.25) is 0 Å². The standard InChI is InChI=1S/C9H9N3.C2H6/c1-7-10-8-5-3-2-4-6-9(8)12-11-7;1-2/h3-6H,2H2,1H3;1-2H3. The van der Waals surface area contributed by atoms with Crippen LogP contribution in [0.3, 0.4) is 0 Å². The van der Waals surface area contributed by atoms with Crippen LogP contribution in [0.2, 0.25) is 0 Å². The number of nitrogens with zero attached hydrogens (tertiary/aromatic N) is 3. The van der Waals surface area contributed by atoms with Crippen molar-refractivity contribution < 1.29 is 0 Å². The van der Waals surface area contributed by atoms with E-state index in [0.717, 1.165) is 17.8 Å². The van der Waals surface area contributed by atoms with E-state index in [0.29, 0.717) is 5.82 Å². The number of hydrogen-bond donors (Lipinski definition) is 0. The molecule has 0 spiro atoms. The second kappa shape index (κ2) is 5.27. The van der Waals surface area contributed by atoms with Gasteiger partial charge >= 0.3 is 0 Å². The van der Waals surface area contributed by atoms with Crippen molar-refractivity contribution in [3.8, 4) is 0 Å². The van der Waals surface area contributed by atoms with E-state index < -0.39 is 0 Å². The second-order valence-electron chi connectivity index (χ2n) is 2.67. The van der Waals surface area contributed by atoms with Gasteiger partial charge < -0.3 is 0 Å². The van der Waals surface area contributed by atoms with Crippen molar-refractivity contribution in [2.75, 3.05) is 0 Å². The first-order chi connectivity index (χ1) is 6.86. The van der Waals surface area contributed by atoms with E-state index in [2.05, 4.69) is 21.3 Å². The van der Waals surface area contributed by atoms with Gasteiger partial charge in [-0.3, -0.25) is 0 Å². The molecule has 0 unspecified atom stereocenters. The molecule has 0 atom stereocenters. The van der Waals surface area contributed by atoms with Crippen LogP contribution in [0, 0.1) is 6.92 Å². The van der Waals surface area contributed by atoms with Crippen LogP contribution in [0.4, 0.5) is 0 Å². The normalized spacial score (nSPS) is 12.5. The van der Waals surface area contributed by atoms with Gasteiger partial charge in [0.05, 0.1) is 5.69 Å². The SMILES string of the molecule is CC.Cc1nnc2c(n1)C=CCC=C2. The van der Waals surface area contributed by atoms with Gasteiger partial charge in [0.15, 0.2) is 0 Å². The number of fused-ring (bicyclic) bond motifs is 1. The lowest BCUT2D eigenvalue weighted by atomic mass is 10.3. The molecule has 0 N–H and O–H groups in total. The minimum Gasteiger partial charge on any atom is -0.230 e. The lowest BCUT2D eigenvalue weighted by Gasteiger charge is -1.96. The molecule has 0 aliphatic heterocycles. The zero-order chi connectivity index (χ0) is 10.4. The van der Waals surface area contributed by atoms with E-state index in [1.807, 2.05) is 39.0 Å². The molecular weight excluding hydrogens is 174 g/mol. The number of aromatic nitrogens is 3. The molecule has 1 aliphatic carbocycles. The third kappa shape index (κ3) is 2.49. The molecule has 14 heavy (non-hydrogen) atoms. The number of rotatable bonds is 0. The van der Waals surface area contributed by atoms with Crippen molar-refractivity contribution in [1.82, 2.24) is 15.2 Å². The molecule has 3 nitrogen and oxygen atoms in total. The topological polar surface area (TPSA) is 38.7 Å². The molecule has 1 heterocycles. The summed E-state index contributed by atoms with van der Waals surface area (Å²) in [6, 6.07) is 0. The molecule has 0 radical (unpaired) electrons. The Bertz CT molecular complexity index is 354. The Morgan fingerprint density at radius 3 is 2.36 bits per heavy atom. The van der Waals surface area contributed by atoms with Crippen molar-refractivity contribution in [3.63, 3.8) is 0 Å². The van der Waals surface area contributed by atoms with E-state index in [1.54, 1.807) is 0 Å². The highest BCUT2D eigenvalue weighted by Gasteiger charge is 2.02. The highest BCUT2D eigenvalue weighted by atomic mass is 15.2. The first kappa shape index (κ1) is 10.6. The molecular formula is C11H15N3. The van der Waals surface area contributed by atoms with Gasteiger partial charge in [-0.25, -0.2) is 4.98 Å². The van der Waals surface area contributed by atoms with Crippen LogP contribution < -0.4 is 0 Å². The molecule has 74 valence electrons. The van der Waals surface area contributed by atoms with Gasteiger partial charge in [0.25, 0.3) is 0 Å². The van der Waals surface area contributed by atoms with E-state index in [1.165, 1.54) is 0 Å². The van der Waals surface area contributed by atoms with Crippen LogP contribution in [-0.4, -0.2) is 15.2 Å². The summed E-state index contributed by atoms with van der Waals surface area (Å²) in [4.78, 5) is 4.26. The molecule has 0 saturated carbocycles. The Labute approximate surface area is 84.6 Å². The van der Waals surface area contributed by atoms with Gasteiger partial charge in [0.1, 0.15) is 11.5 Å². The fraction of sp³-hybridized carbons (Fsp3) is 0.364. The smallest absolute Gasteiger partial charge is 0.148 e. The molecule has 0 amide bonds. The van der Waals surface area contributed by atoms with E-state index in [9.17, 15) is 0 Å². The van der Waals surface area contributed by atoms with Crippen molar-refractivity contribution in [2.24, 2.45) is 0 Å². The summed E-state index contributed by atoms with van der Waals surface area (Å²) in [5, 5.41) is 7.92. The maximum absolute atomic E-state index is 4.26. The van der Waals surface area contributed by atoms with Crippen molar-refractivity contribution >= 4 is 12.2 Å². The molecule has 0 bridgehead atoms. The molecule has 1 aliphatic rings. The Kier molecular flexibility index (Phi) is 3.98. The van der Waals surface area contributed by atoms with E-state index in [4.69, 9.17) is 0 Å². The van der Waals surface area contributed by atoms with Crippen molar-refractivity contribution in [3.05, 3.63) is 29.4 Å². The second-order valence-corrected chi connectivity index (χ2v) is 2.67. The molecule has 2 rings (SSSR count). The lowest BCUT2D eigenvalue weighted by Crippen LogP contribution is -1.97. The van der Waals surface area contributed by atoms with Gasteiger partial charge in [-0.1, -0.05) is 26.0 Å². The first-order valence-electron chi connectivity index (χ1n) is 4.90. The van der Waals surface area contributed by atoms with Crippen molar-refractivity contribution in [1.29, 1.82) is 0 Å². The Morgan fingerprint density at radius 1 is 1.00 bits per heavy atom. The van der Waals surface area contributed by atoms with Gasteiger partial charge in [-0.2, -0.15) is 0 Å². The van der Waals surface area contributed by atoms with E-state index in [-0.39, 0.29) is 0 Å². The summed E-state index contributed by atoms with van der Waals surface area (Å²) < 4.78 is 0. The molecule has 1 aromatic heterocycles. The van der Waals surface area contributed by atoms with Crippen LogP contribution in [0.5, 0.6) is 0 Å². The van der Waals surface area contributed by atoms with Crippen LogP contribution in [0.25, 0.3) is 12.2 Å². The third-order valence-electron chi connectivity index (χ3n) is 1.67. The number of allylic oxidation sites excluding steroid dienone is 2.